The van der Waals surface area contributed by atoms with Crippen LogP contribution in [0.4, 0.5) is 4.39 Å². The lowest BCUT2D eigenvalue weighted by Gasteiger charge is -2.33. The first-order chi connectivity index (χ1) is 13.5. The van der Waals surface area contributed by atoms with E-state index in [1.54, 1.807) is 22.7 Å². The first-order valence-corrected chi connectivity index (χ1v) is 11.2. The molecule has 0 unspecified atom stereocenters. The normalized spacial score (nSPS) is 15.7. The lowest BCUT2D eigenvalue weighted by atomic mass is 9.96. The molecule has 0 N–H and O–H groups in total. The van der Waals surface area contributed by atoms with E-state index in [4.69, 9.17) is 4.42 Å². The van der Waals surface area contributed by atoms with Gasteiger partial charge < -0.3 is 14.2 Å². The lowest BCUT2D eigenvalue weighted by molar-refractivity contribution is 0.0708. The molecular formula is C22H29FN2O2S. The van der Waals surface area contributed by atoms with Crippen molar-refractivity contribution in [2.45, 2.75) is 25.0 Å². The number of halogens is 1. The summed E-state index contributed by atoms with van der Waals surface area (Å²) in [6.07, 6.45) is 5.15. The van der Waals surface area contributed by atoms with Gasteiger partial charge >= 0.3 is 0 Å². The van der Waals surface area contributed by atoms with Crippen molar-refractivity contribution in [1.82, 2.24) is 9.80 Å². The molecule has 1 saturated heterocycles. The molecule has 1 fully saturated rings. The van der Waals surface area contributed by atoms with Crippen molar-refractivity contribution in [2.75, 3.05) is 39.5 Å². The summed E-state index contributed by atoms with van der Waals surface area (Å²) in [6, 6.07) is 10.4. The molecule has 0 bridgehead atoms. The number of benzene rings is 1. The van der Waals surface area contributed by atoms with E-state index in [2.05, 4.69) is 4.90 Å². The number of hydrogen-bond acceptors (Lipinski definition) is 4. The van der Waals surface area contributed by atoms with Gasteiger partial charge in [0, 0.05) is 20.1 Å². The summed E-state index contributed by atoms with van der Waals surface area (Å²) >= 11 is 1.68. The Kier molecular flexibility index (Phi) is 7.57. The summed E-state index contributed by atoms with van der Waals surface area (Å²) in [6.45, 7) is 3.86. The smallest absolute Gasteiger partial charge is 0.289 e. The van der Waals surface area contributed by atoms with E-state index in [0.29, 0.717) is 11.7 Å². The molecular weight excluding hydrogens is 375 g/mol. The summed E-state index contributed by atoms with van der Waals surface area (Å²) in [4.78, 5) is 16.8. The van der Waals surface area contributed by atoms with Crippen LogP contribution in [0.5, 0.6) is 0 Å². The SMILES string of the molecule is CSCc1ccc(C(=O)N(C)CC2CCN(CCc3ccc(F)cc3)CC2)o1. The van der Waals surface area contributed by atoms with Crippen LogP contribution in [-0.4, -0.2) is 55.2 Å². The molecule has 6 heteroatoms. The highest BCUT2D eigenvalue weighted by molar-refractivity contribution is 7.97. The minimum atomic E-state index is -0.182. The minimum absolute atomic E-state index is 0.0360. The molecule has 0 atom stereocenters. The van der Waals surface area contributed by atoms with Gasteiger partial charge in [0.1, 0.15) is 11.6 Å². The number of carbonyl (C=O) groups is 1. The van der Waals surface area contributed by atoms with E-state index in [9.17, 15) is 9.18 Å². The van der Waals surface area contributed by atoms with Crippen molar-refractivity contribution in [3.63, 3.8) is 0 Å². The van der Waals surface area contributed by atoms with Crippen molar-refractivity contribution in [3.05, 3.63) is 59.3 Å². The average molecular weight is 405 g/mol. The fourth-order valence-corrected chi connectivity index (χ4v) is 4.14. The van der Waals surface area contributed by atoms with E-state index in [-0.39, 0.29) is 11.7 Å². The molecule has 1 aliphatic heterocycles. The zero-order chi connectivity index (χ0) is 19.9. The first-order valence-electron chi connectivity index (χ1n) is 9.85. The Balaban J connectivity index is 1.40. The molecule has 152 valence electrons. The molecule has 4 nitrogen and oxygen atoms in total. The number of amides is 1. The molecule has 0 saturated carbocycles. The van der Waals surface area contributed by atoms with Crippen molar-refractivity contribution in [2.24, 2.45) is 5.92 Å². The number of furan rings is 1. The molecule has 0 radical (unpaired) electrons. The van der Waals surface area contributed by atoms with Gasteiger partial charge in [-0.15, -0.1) is 0 Å². The van der Waals surface area contributed by atoms with E-state index in [1.807, 2.05) is 31.5 Å². The third-order valence-corrected chi connectivity index (χ3v) is 5.95. The highest BCUT2D eigenvalue weighted by Crippen LogP contribution is 2.20. The zero-order valence-corrected chi connectivity index (χ0v) is 17.5. The summed E-state index contributed by atoms with van der Waals surface area (Å²) in [7, 11) is 1.86. The quantitative estimate of drug-likeness (QED) is 0.657. The van der Waals surface area contributed by atoms with Crippen LogP contribution in [0.15, 0.2) is 40.8 Å². The fourth-order valence-electron chi connectivity index (χ4n) is 3.70. The van der Waals surface area contributed by atoms with Crippen LogP contribution in [-0.2, 0) is 12.2 Å². The molecule has 2 heterocycles. The fraction of sp³-hybridized carbons (Fsp3) is 0.500. The number of nitrogens with zero attached hydrogens (tertiary/aromatic N) is 2. The Hall–Kier alpha value is -1.79. The van der Waals surface area contributed by atoms with Gasteiger partial charge in [-0.1, -0.05) is 12.1 Å². The van der Waals surface area contributed by atoms with Gasteiger partial charge in [-0.3, -0.25) is 4.79 Å². The van der Waals surface area contributed by atoms with Crippen LogP contribution in [0.3, 0.4) is 0 Å². The summed E-state index contributed by atoms with van der Waals surface area (Å²) in [5.41, 5.74) is 1.17. The lowest BCUT2D eigenvalue weighted by Crippen LogP contribution is -2.40. The van der Waals surface area contributed by atoms with Gasteiger partial charge in [-0.25, -0.2) is 4.39 Å². The molecule has 1 aromatic heterocycles. The molecule has 1 amide bonds. The van der Waals surface area contributed by atoms with Crippen LogP contribution in [0.1, 0.15) is 34.7 Å². The van der Waals surface area contributed by atoms with Gasteiger partial charge in [-0.05, 0) is 74.4 Å². The highest BCUT2D eigenvalue weighted by Gasteiger charge is 2.23. The predicted octanol–water partition coefficient (Wildman–Crippen LogP) is 4.31. The van der Waals surface area contributed by atoms with E-state index < -0.39 is 0 Å². The Bertz CT molecular complexity index is 754. The maximum absolute atomic E-state index is 13.0. The van der Waals surface area contributed by atoms with Crippen molar-refractivity contribution >= 4 is 17.7 Å². The Morgan fingerprint density at radius 2 is 1.93 bits per heavy atom. The summed E-state index contributed by atoms with van der Waals surface area (Å²) in [5.74, 6) is 2.37. The number of likely N-dealkylation sites (tertiary alicyclic amines) is 1. The Morgan fingerprint density at radius 1 is 1.21 bits per heavy atom. The first kappa shape index (κ1) is 20.9. The standard InChI is InChI=1S/C22H29FN2O2S/c1-24(22(26)21-8-7-20(27-21)16-28-2)15-18-10-13-25(14-11-18)12-9-17-3-5-19(23)6-4-17/h3-8,18H,9-16H2,1-2H3. The third-order valence-electron chi connectivity index (χ3n) is 5.37. The summed E-state index contributed by atoms with van der Waals surface area (Å²) in [5, 5.41) is 0. The van der Waals surface area contributed by atoms with Crippen molar-refractivity contribution < 1.29 is 13.6 Å². The van der Waals surface area contributed by atoms with E-state index >= 15 is 0 Å². The molecule has 1 aliphatic rings. The maximum atomic E-state index is 13.0. The number of hydrogen-bond donors (Lipinski definition) is 0. The highest BCUT2D eigenvalue weighted by atomic mass is 32.2. The molecule has 3 rings (SSSR count). The van der Waals surface area contributed by atoms with E-state index in [1.165, 1.54) is 17.7 Å². The van der Waals surface area contributed by atoms with Crippen LogP contribution in [0.2, 0.25) is 0 Å². The zero-order valence-electron chi connectivity index (χ0n) is 16.7. The minimum Gasteiger partial charge on any atom is -0.455 e. The second-order valence-electron chi connectivity index (χ2n) is 7.55. The number of carbonyl (C=O) groups excluding carboxylic acids is 1. The monoisotopic (exact) mass is 404 g/mol. The van der Waals surface area contributed by atoms with Crippen molar-refractivity contribution in [3.8, 4) is 0 Å². The molecule has 1 aromatic carbocycles. The summed E-state index contributed by atoms with van der Waals surface area (Å²) < 4.78 is 18.6. The van der Waals surface area contributed by atoms with Crippen LogP contribution in [0.25, 0.3) is 0 Å². The van der Waals surface area contributed by atoms with Crippen LogP contribution in [0, 0.1) is 11.7 Å². The van der Waals surface area contributed by atoms with Gasteiger partial charge in [0.25, 0.3) is 5.91 Å². The van der Waals surface area contributed by atoms with Gasteiger partial charge in [0.2, 0.25) is 0 Å². The maximum Gasteiger partial charge on any atom is 0.289 e. The second-order valence-corrected chi connectivity index (χ2v) is 8.41. The third kappa shape index (κ3) is 5.85. The van der Waals surface area contributed by atoms with Gasteiger partial charge in [-0.2, -0.15) is 11.8 Å². The average Bonchev–Trinajstić information content (AvgIpc) is 3.17. The van der Waals surface area contributed by atoms with Gasteiger partial charge in [0.05, 0.1) is 5.75 Å². The number of thioether (sulfide) groups is 1. The van der Waals surface area contributed by atoms with E-state index in [0.717, 1.165) is 57.0 Å². The van der Waals surface area contributed by atoms with Gasteiger partial charge in [0.15, 0.2) is 5.76 Å². The number of rotatable bonds is 8. The topological polar surface area (TPSA) is 36.7 Å². The largest absolute Gasteiger partial charge is 0.455 e. The Morgan fingerprint density at radius 3 is 2.61 bits per heavy atom. The van der Waals surface area contributed by atoms with Crippen LogP contribution >= 0.6 is 11.8 Å². The van der Waals surface area contributed by atoms with Crippen molar-refractivity contribution in [1.29, 1.82) is 0 Å². The second kappa shape index (κ2) is 10.1. The molecule has 0 spiro atoms. The molecule has 0 aliphatic carbocycles. The molecule has 28 heavy (non-hydrogen) atoms. The predicted molar refractivity (Wildman–Crippen MR) is 112 cm³/mol. The Labute approximate surface area is 171 Å². The number of piperidine rings is 1. The van der Waals surface area contributed by atoms with Crippen LogP contribution < -0.4 is 0 Å². The molecule has 2 aromatic rings.